The van der Waals surface area contributed by atoms with E-state index in [1.807, 2.05) is 18.2 Å². The lowest BCUT2D eigenvalue weighted by Gasteiger charge is -2.34. The average Bonchev–Trinajstić information content (AvgIpc) is 2.28. The van der Waals surface area contributed by atoms with Crippen molar-refractivity contribution in [2.75, 3.05) is 13.8 Å². The van der Waals surface area contributed by atoms with Crippen LogP contribution in [0.25, 0.3) is 0 Å². The molecule has 1 N–H and O–H groups in total. The van der Waals surface area contributed by atoms with Gasteiger partial charge in [0.15, 0.2) is 0 Å². The van der Waals surface area contributed by atoms with Gasteiger partial charge in [0, 0.05) is 12.6 Å². The molecule has 1 aromatic rings. The van der Waals surface area contributed by atoms with Crippen molar-refractivity contribution in [2.45, 2.75) is 25.4 Å². The molecule has 0 radical (unpaired) electrons. The average molecular weight is 223 g/mol. The molecule has 1 aliphatic carbocycles. The standard InChI is InChI=1S/C13H18FNO/c1-16-13-4-2-3-10(7-13)9-15-12-5-11(6-12)8-14/h2-4,7,11-12,15H,5-6,8-9H2,1H3. The maximum Gasteiger partial charge on any atom is 0.119 e. The van der Waals surface area contributed by atoms with Crippen molar-refractivity contribution in [2.24, 2.45) is 5.92 Å². The second-order valence-corrected chi connectivity index (χ2v) is 4.42. The van der Waals surface area contributed by atoms with Crippen LogP contribution in [0.1, 0.15) is 18.4 Å². The van der Waals surface area contributed by atoms with Crippen LogP contribution in [0.3, 0.4) is 0 Å². The van der Waals surface area contributed by atoms with E-state index in [0.717, 1.165) is 25.1 Å². The topological polar surface area (TPSA) is 21.3 Å². The Morgan fingerprint density at radius 3 is 2.94 bits per heavy atom. The lowest BCUT2D eigenvalue weighted by molar-refractivity contribution is 0.180. The summed E-state index contributed by atoms with van der Waals surface area (Å²) in [7, 11) is 1.67. The Morgan fingerprint density at radius 1 is 1.44 bits per heavy atom. The smallest absolute Gasteiger partial charge is 0.119 e. The minimum absolute atomic E-state index is 0.169. The fourth-order valence-electron chi connectivity index (χ4n) is 2.07. The van der Waals surface area contributed by atoms with Crippen molar-refractivity contribution in [1.29, 1.82) is 0 Å². The maximum absolute atomic E-state index is 12.2. The van der Waals surface area contributed by atoms with Crippen molar-refractivity contribution in [3.05, 3.63) is 29.8 Å². The lowest BCUT2D eigenvalue weighted by atomic mass is 9.81. The minimum Gasteiger partial charge on any atom is -0.497 e. The summed E-state index contributed by atoms with van der Waals surface area (Å²) in [6.07, 6.45) is 1.95. The van der Waals surface area contributed by atoms with Crippen LogP contribution in [0, 0.1) is 5.92 Å². The fourth-order valence-corrected chi connectivity index (χ4v) is 2.07. The summed E-state index contributed by atoms with van der Waals surface area (Å²) < 4.78 is 17.4. The van der Waals surface area contributed by atoms with E-state index in [-0.39, 0.29) is 6.67 Å². The first-order valence-corrected chi connectivity index (χ1v) is 5.74. The minimum atomic E-state index is -0.169. The molecule has 0 aromatic heterocycles. The third kappa shape index (κ3) is 2.73. The van der Waals surface area contributed by atoms with Crippen LogP contribution < -0.4 is 10.1 Å². The molecule has 0 amide bonds. The van der Waals surface area contributed by atoms with Gasteiger partial charge in [-0.3, -0.25) is 4.39 Å². The van der Waals surface area contributed by atoms with Gasteiger partial charge < -0.3 is 10.1 Å². The normalized spacial score (nSPS) is 23.9. The molecule has 0 unspecified atom stereocenters. The first-order chi connectivity index (χ1) is 7.81. The van der Waals surface area contributed by atoms with Crippen molar-refractivity contribution >= 4 is 0 Å². The molecule has 16 heavy (non-hydrogen) atoms. The van der Waals surface area contributed by atoms with Gasteiger partial charge in [-0.25, -0.2) is 0 Å². The highest BCUT2D eigenvalue weighted by atomic mass is 19.1. The van der Waals surface area contributed by atoms with Gasteiger partial charge in [0.05, 0.1) is 13.8 Å². The van der Waals surface area contributed by atoms with Crippen LogP contribution in [0.4, 0.5) is 4.39 Å². The zero-order chi connectivity index (χ0) is 11.4. The van der Waals surface area contributed by atoms with Gasteiger partial charge in [-0.15, -0.1) is 0 Å². The van der Waals surface area contributed by atoms with E-state index in [1.54, 1.807) is 7.11 Å². The van der Waals surface area contributed by atoms with Crippen LogP contribution in [0.15, 0.2) is 24.3 Å². The molecular formula is C13H18FNO. The van der Waals surface area contributed by atoms with Gasteiger partial charge in [0.1, 0.15) is 5.75 Å². The summed E-state index contributed by atoms with van der Waals surface area (Å²) in [5.41, 5.74) is 1.21. The van der Waals surface area contributed by atoms with Gasteiger partial charge in [-0.05, 0) is 36.5 Å². The van der Waals surface area contributed by atoms with Crippen molar-refractivity contribution < 1.29 is 9.13 Å². The second kappa shape index (κ2) is 5.30. The Hall–Kier alpha value is -1.09. The van der Waals surface area contributed by atoms with Crippen LogP contribution in [-0.2, 0) is 6.54 Å². The quantitative estimate of drug-likeness (QED) is 0.828. The Morgan fingerprint density at radius 2 is 2.25 bits per heavy atom. The molecule has 0 bridgehead atoms. The van der Waals surface area contributed by atoms with E-state index in [4.69, 9.17) is 4.74 Å². The molecule has 88 valence electrons. The molecule has 2 rings (SSSR count). The van der Waals surface area contributed by atoms with Crippen LogP contribution in [0.2, 0.25) is 0 Å². The van der Waals surface area contributed by atoms with Gasteiger partial charge >= 0.3 is 0 Å². The molecule has 0 saturated heterocycles. The number of ether oxygens (including phenoxy) is 1. The summed E-state index contributed by atoms with van der Waals surface area (Å²) in [6.45, 7) is 0.665. The Kier molecular flexibility index (Phi) is 3.78. The monoisotopic (exact) mass is 223 g/mol. The van der Waals surface area contributed by atoms with E-state index >= 15 is 0 Å². The molecule has 3 heteroatoms. The molecule has 1 saturated carbocycles. The van der Waals surface area contributed by atoms with Gasteiger partial charge in [0.25, 0.3) is 0 Å². The van der Waals surface area contributed by atoms with Crippen molar-refractivity contribution in [1.82, 2.24) is 5.32 Å². The summed E-state index contributed by atoms with van der Waals surface area (Å²) in [4.78, 5) is 0. The predicted octanol–water partition coefficient (Wildman–Crippen LogP) is 2.53. The highest BCUT2D eigenvalue weighted by Crippen LogP contribution is 2.27. The van der Waals surface area contributed by atoms with E-state index < -0.39 is 0 Å². The summed E-state index contributed by atoms with van der Waals surface area (Å²) in [5, 5.41) is 3.43. The van der Waals surface area contributed by atoms with Crippen LogP contribution in [-0.4, -0.2) is 19.8 Å². The van der Waals surface area contributed by atoms with Gasteiger partial charge in [-0.1, -0.05) is 12.1 Å². The number of hydrogen-bond acceptors (Lipinski definition) is 2. The van der Waals surface area contributed by atoms with Gasteiger partial charge in [-0.2, -0.15) is 0 Å². The Bertz CT molecular complexity index is 336. The summed E-state index contributed by atoms with van der Waals surface area (Å²) >= 11 is 0. The van der Waals surface area contributed by atoms with E-state index in [2.05, 4.69) is 11.4 Å². The first kappa shape index (κ1) is 11.4. The second-order valence-electron chi connectivity index (χ2n) is 4.42. The molecule has 1 fully saturated rings. The lowest BCUT2D eigenvalue weighted by Crippen LogP contribution is -2.41. The van der Waals surface area contributed by atoms with E-state index in [9.17, 15) is 4.39 Å². The molecule has 0 spiro atoms. The van der Waals surface area contributed by atoms with Gasteiger partial charge in [0.2, 0.25) is 0 Å². The number of benzene rings is 1. The molecule has 0 atom stereocenters. The molecule has 2 nitrogen and oxygen atoms in total. The Labute approximate surface area is 95.8 Å². The number of methoxy groups -OCH3 is 1. The molecule has 1 aromatic carbocycles. The predicted molar refractivity (Wildman–Crippen MR) is 62.3 cm³/mol. The van der Waals surface area contributed by atoms with Crippen molar-refractivity contribution in [3.63, 3.8) is 0 Å². The van der Waals surface area contributed by atoms with Crippen LogP contribution in [0.5, 0.6) is 5.75 Å². The highest BCUT2D eigenvalue weighted by Gasteiger charge is 2.28. The number of nitrogens with one attached hydrogen (secondary N) is 1. The Balaban J connectivity index is 1.77. The SMILES string of the molecule is COc1cccc(CNC2CC(CF)C2)c1. The molecular weight excluding hydrogens is 205 g/mol. The maximum atomic E-state index is 12.2. The van der Waals surface area contributed by atoms with Crippen molar-refractivity contribution in [3.8, 4) is 5.75 Å². The first-order valence-electron chi connectivity index (χ1n) is 5.74. The number of rotatable bonds is 5. The zero-order valence-electron chi connectivity index (χ0n) is 9.58. The zero-order valence-corrected chi connectivity index (χ0v) is 9.58. The third-order valence-electron chi connectivity index (χ3n) is 3.18. The number of halogens is 1. The largest absolute Gasteiger partial charge is 0.497 e. The molecule has 1 aliphatic rings. The fraction of sp³-hybridized carbons (Fsp3) is 0.538. The number of alkyl halides is 1. The number of hydrogen-bond donors (Lipinski definition) is 1. The van der Waals surface area contributed by atoms with E-state index in [1.165, 1.54) is 5.56 Å². The molecule has 0 heterocycles. The highest BCUT2D eigenvalue weighted by molar-refractivity contribution is 5.28. The molecule has 0 aliphatic heterocycles. The summed E-state index contributed by atoms with van der Waals surface area (Å²) in [6, 6.07) is 8.51. The van der Waals surface area contributed by atoms with Crippen LogP contribution >= 0.6 is 0 Å². The van der Waals surface area contributed by atoms with E-state index in [0.29, 0.717) is 12.0 Å². The summed E-state index contributed by atoms with van der Waals surface area (Å²) in [5.74, 6) is 1.18. The third-order valence-corrected chi connectivity index (χ3v) is 3.18.